The maximum absolute atomic E-state index is 9.39. The molecule has 1 fully saturated rings. The van der Waals surface area contributed by atoms with Crippen LogP contribution in [0, 0.1) is 11.3 Å². The zero-order valence-corrected chi connectivity index (χ0v) is 15.7. The molecule has 27 heavy (non-hydrogen) atoms. The van der Waals surface area contributed by atoms with Gasteiger partial charge >= 0.3 is 0 Å². The molecule has 3 aromatic rings. The Balaban J connectivity index is 1.47. The summed E-state index contributed by atoms with van der Waals surface area (Å²) in [6.07, 6.45) is 4.56. The summed E-state index contributed by atoms with van der Waals surface area (Å²) in [6, 6.07) is 12.9. The number of piperazine rings is 1. The van der Waals surface area contributed by atoms with Crippen molar-refractivity contribution in [1.29, 1.82) is 5.26 Å². The van der Waals surface area contributed by atoms with Gasteiger partial charge in [0.15, 0.2) is 5.82 Å². The van der Waals surface area contributed by atoms with Crippen molar-refractivity contribution in [3.63, 3.8) is 0 Å². The van der Waals surface area contributed by atoms with E-state index in [9.17, 15) is 5.26 Å². The smallest absolute Gasteiger partial charge is 0.156 e. The number of benzene rings is 1. The van der Waals surface area contributed by atoms with E-state index in [2.05, 4.69) is 67.7 Å². The zero-order valence-electron chi connectivity index (χ0n) is 15.7. The molecule has 0 spiro atoms. The van der Waals surface area contributed by atoms with Crippen molar-refractivity contribution < 1.29 is 0 Å². The molecule has 0 N–H and O–H groups in total. The monoisotopic (exact) mass is 360 g/mol. The predicted octanol–water partition coefficient (Wildman–Crippen LogP) is 2.69. The predicted molar refractivity (Wildman–Crippen MR) is 107 cm³/mol. The van der Waals surface area contributed by atoms with E-state index in [4.69, 9.17) is 0 Å². The van der Waals surface area contributed by atoms with Gasteiger partial charge in [0.2, 0.25) is 0 Å². The summed E-state index contributed by atoms with van der Waals surface area (Å²) in [5.41, 5.74) is 3.75. The first-order valence-electron chi connectivity index (χ1n) is 9.55. The van der Waals surface area contributed by atoms with E-state index in [1.165, 1.54) is 5.56 Å². The van der Waals surface area contributed by atoms with Crippen LogP contribution >= 0.6 is 0 Å². The molecule has 0 atom stereocenters. The van der Waals surface area contributed by atoms with Gasteiger partial charge in [-0.05, 0) is 18.9 Å². The average molecular weight is 360 g/mol. The number of aryl methyl sites for hydroxylation is 1. The molecule has 138 valence electrons. The minimum Gasteiger partial charge on any atom is -0.352 e. The fourth-order valence-corrected chi connectivity index (χ4v) is 3.79. The van der Waals surface area contributed by atoms with Gasteiger partial charge in [0.05, 0.1) is 5.56 Å². The van der Waals surface area contributed by atoms with Crippen molar-refractivity contribution in [2.45, 2.75) is 19.9 Å². The molecule has 0 aliphatic carbocycles. The molecule has 0 radical (unpaired) electrons. The van der Waals surface area contributed by atoms with Gasteiger partial charge < -0.3 is 9.47 Å². The molecule has 0 saturated carbocycles. The van der Waals surface area contributed by atoms with E-state index in [-0.39, 0.29) is 0 Å². The molecule has 6 nitrogen and oxygen atoms in total. The van der Waals surface area contributed by atoms with E-state index in [0.717, 1.165) is 62.5 Å². The van der Waals surface area contributed by atoms with Crippen LogP contribution in [0.5, 0.6) is 0 Å². The van der Waals surface area contributed by atoms with Crippen molar-refractivity contribution in [3.8, 4) is 6.07 Å². The lowest BCUT2D eigenvalue weighted by atomic mass is 10.1. The molecule has 1 saturated heterocycles. The molecule has 1 aliphatic rings. The quantitative estimate of drug-likeness (QED) is 0.700. The van der Waals surface area contributed by atoms with Gasteiger partial charge in [-0.3, -0.25) is 4.90 Å². The highest BCUT2D eigenvalue weighted by Gasteiger charge is 2.22. The Morgan fingerprint density at radius 2 is 1.85 bits per heavy atom. The van der Waals surface area contributed by atoms with Crippen molar-refractivity contribution in [1.82, 2.24) is 19.4 Å². The Hall–Kier alpha value is -2.91. The van der Waals surface area contributed by atoms with Crippen molar-refractivity contribution in [2.24, 2.45) is 0 Å². The summed E-state index contributed by atoms with van der Waals surface area (Å²) >= 11 is 0. The Kier molecular flexibility index (Phi) is 5.03. The lowest BCUT2D eigenvalue weighted by Crippen LogP contribution is -2.47. The number of aromatic nitrogens is 3. The Morgan fingerprint density at radius 1 is 1.07 bits per heavy atom. The fourth-order valence-electron chi connectivity index (χ4n) is 3.79. The minimum absolute atomic E-state index is 0.622. The topological polar surface area (TPSA) is 61.0 Å². The Morgan fingerprint density at radius 3 is 2.56 bits per heavy atom. The van der Waals surface area contributed by atoms with Gasteiger partial charge in [-0.15, -0.1) is 0 Å². The van der Waals surface area contributed by atoms with Crippen LogP contribution in [0.1, 0.15) is 18.1 Å². The van der Waals surface area contributed by atoms with Crippen LogP contribution in [0.4, 0.5) is 5.82 Å². The fraction of sp³-hybridized carbons (Fsp3) is 0.381. The summed E-state index contributed by atoms with van der Waals surface area (Å²) in [6.45, 7) is 7.90. The van der Waals surface area contributed by atoms with E-state index in [1.807, 2.05) is 6.20 Å². The SMILES string of the molecule is CCn1cc(C#N)c2ncnc(N3CCN(CCc4ccccc4)CC3)c21. The number of rotatable bonds is 5. The largest absolute Gasteiger partial charge is 0.352 e. The number of hydrogen-bond donors (Lipinski definition) is 0. The number of nitriles is 1. The maximum atomic E-state index is 9.39. The first-order chi connectivity index (χ1) is 13.3. The van der Waals surface area contributed by atoms with Crippen LogP contribution in [-0.2, 0) is 13.0 Å². The Labute approximate surface area is 159 Å². The van der Waals surface area contributed by atoms with Crippen LogP contribution in [-0.4, -0.2) is 52.2 Å². The van der Waals surface area contributed by atoms with Crippen LogP contribution in [0.15, 0.2) is 42.9 Å². The van der Waals surface area contributed by atoms with Gasteiger partial charge in [0.25, 0.3) is 0 Å². The normalized spacial score (nSPS) is 15.2. The number of hydrogen-bond acceptors (Lipinski definition) is 5. The number of fused-ring (bicyclic) bond motifs is 1. The third-order valence-corrected chi connectivity index (χ3v) is 5.32. The van der Waals surface area contributed by atoms with E-state index >= 15 is 0 Å². The second-order valence-corrected chi connectivity index (χ2v) is 6.90. The molecule has 4 rings (SSSR count). The minimum atomic E-state index is 0.622. The summed E-state index contributed by atoms with van der Waals surface area (Å²) in [5.74, 6) is 0.950. The van der Waals surface area contributed by atoms with E-state index in [1.54, 1.807) is 6.33 Å². The van der Waals surface area contributed by atoms with E-state index < -0.39 is 0 Å². The molecule has 3 heterocycles. The molecule has 6 heteroatoms. The summed E-state index contributed by atoms with van der Waals surface area (Å²) in [5, 5.41) is 9.39. The van der Waals surface area contributed by atoms with Crippen molar-refractivity contribution >= 4 is 16.9 Å². The molecule has 0 amide bonds. The lowest BCUT2D eigenvalue weighted by molar-refractivity contribution is 0.260. The molecule has 2 aromatic heterocycles. The van der Waals surface area contributed by atoms with Crippen LogP contribution in [0.2, 0.25) is 0 Å². The van der Waals surface area contributed by atoms with Gasteiger partial charge in [0.1, 0.15) is 23.4 Å². The van der Waals surface area contributed by atoms with Gasteiger partial charge in [0, 0.05) is 45.5 Å². The molecular formula is C21H24N6. The Bertz CT molecular complexity index is 948. The maximum Gasteiger partial charge on any atom is 0.156 e. The lowest BCUT2D eigenvalue weighted by Gasteiger charge is -2.35. The molecule has 0 unspecified atom stereocenters. The first kappa shape index (κ1) is 17.5. The molecule has 1 aromatic carbocycles. The molecule has 1 aliphatic heterocycles. The zero-order chi connectivity index (χ0) is 18.6. The standard InChI is InChI=1S/C21H24N6/c1-2-26-15-18(14-22)19-20(26)21(24-16-23-19)27-12-10-25(11-13-27)9-8-17-6-4-3-5-7-17/h3-7,15-16H,2,8-13H2,1H3. The summed E-state index contributed by atoms with van der Waals surface area (Å²) in [4.78, 5) is 13.8. The highest BCUT2D eigenvalue weighted by molar-refractivity contribution is 5.91. The summed E-state index contributed by atoms with van der Waals surface area (Å²) in [7, 11) is 0. The van der Waals surface area contributed by atoms with Gasteiger partial charge in [-0.2, -0.15) is 5.26 Å². The van der Waals surface area contributed by atoms with Crippen molar-refractivity contribution in [3.05, 3.63) is 54.0 Å². The average Bonchev–Trinajstić information content (AvgIpc) is 3.11. The van der Waals surface area contributed by atoms with Gasteiger partial charge in [-0.1, -0.05) is 30.3 Å². The first-order valence-corrected chi connectivity index (χ1v) is 9.55. The highest BCUT2D eigenvalue weighted by atomic mass is 15.3. The highest BCUT2D eigenvalue weighted by Crippen LogP contribution is 2.27. The summed E-state index contributed by atoms with van der Waals surface area (Å²) < 4.78 is 2.09. The van der Waals surface area contributed by atoms with Crippen LogP contribution in [0.25, 0.3) is 11.0 Å². The molecule has 0 bridgehead atoms. The van der Waals surface area contributed by atoms with Gasteiger partial charge in [-0.25, -0.2) is 9.97 Å². The number of nitrogens with zero attached hydrogens (tertiary/aromatic N) is 6. The molecular weight excluding hydrogens is 336 g/mol. The van der Waals surface area contributed by atoms with Crippen molar-refractivity contribution in [2.75, 3.05) is 37.6 Å². The second-order valence-electron chi connectivity index (χ2n) is 6.90. The van der Waals surface area contributed by atoms with Crippen LogP contribution in [0.3, 0.4) is 0 Å². The number of anilines is 1. The van der Waals surface area contributed by atoms with E-state index in [0.29, 0.717) is 5.56 Å². The third kappa shape index (κ3) is 3.51. The second kappa shape index (κ2) is 7.77. The third-order valence-electron chi connectivity index (χ3n) is 5.32. The van der Waals surface area contributed by atoms with Crippen LogP contribution < -0.4 is 4.90 Å².